The lowest BCUT2D eigenvalue weighted by atomic mass is 10.2. The minimum absolute atomic E-state index is 0.571. The van der Waals surface area contributed by atoms with Crippen molar-refractivity contribution in [2.75, 3.05) is 0 Å². The first-order valence-corrected chi connectivity index (χ1v) is 7.53. The number of aryl methyl sites for hydroxylation is 3. The van der Waals surface area contributed by atoms with E-state index in [0.717, 1.165) is 16.7 Å². The maximum absolute atomic E-state index is 5.38. The quantitative estimate of drug-likeness (QED) is 0.690. The van der Waals surface area contributed by atoms with Crippen LogP contribution in [0.2, 0.25) is 0 Å². The fourth-order valence-electron chi connectivity index (χ4n) is 2.05. The van der Waals surface area contributed by atoms with Gasteiger partial charge < -0.3 is 4.42 Å². The number of rotatable bonds is 4. The molecule has 2 aromatic heterocycles. The number of aromatic nitrogens is 5. The zero-order chi connectivity index (χ0) is 14.8. The third-order valence-corrected chi connectivity index (χ3v) is 3.96. The summed E-state index contributed by atoms with van der Waals surface area (Å²) in [4.78, 5) is 0. The van der Waals surface area contributed by atoms with Gasteiger partial charge in [0.05, 0.1) is 11.4 Å². The molecular weight excluding hydrogens is 286 g/mol. The Labute approximate surface area is 126 Å². The van der Waals surface area contributed by atoms with E-state index in [4.69, 9.17) is 4.42 Å². The number of hydrogen-bond acceptors (Lipinski definition) is 6. The van der Waals surface area contributed by atoms with Gasteiger partial charge in [0.25, 0.3) is 0 Å². The second-order valence-corrected chi connectivity index (χ2v) is 5.60. The Morgan fingerprint density at radius 1 is 1.05 bits per heavy atom. The summed E-state index contributed by atoms with van der Waals surface area (Å²) in [5.74, 6) is 2.59. The average molecular weight is 301 g/mol. The zero-order valence-electron chi connectivity index (χ0n) is 12.1. The molecule has 2 heterocycles. The van der Waals surface area contributed by atoms with E-state index < -0.39 is 0 Å². The van der Waals surface area contributed by atoms with Gasteiger partial charge in [-0.3, -0.25) is 4.57 Å². The molecule has 3 aromatic rings. The first kappa shape index (κ1) is 13.8. The summed E-state index contributed by atoms with van der Waals surface area (Å²) in [5, 5.41) is 17.1. The van der Waals surface area contributed by atoms with Crippen molar-refractivity contribution in [3.8, 4) is 5.69 Å². The van der Waals surface area contributed by atoms with Gasteiger partial charge in [-0.05, 0) is 25.5 Å². The Kier molecular flexibility index (Phi) is 3.74. The van der Waals surface area contributed by atoms with Crippen LogP contribution in [-0.2, 0) is 5.75 Å². The molecule has 21 heavy (non-hydrogen) atoms. The summed E-state index contributed by atoms with van der Waals surface area (Å²) in [5.41, 5.74) is 2.26. The van der Waals surface area contributed by atoms with Gasteiger partial charge >= 0.3 is 0 Å². The molecule has 0 atom stereocenters. The number of hydrogen-bond donors (Lipinski definition) is 0. The van der Waals surface area contributed by atoms with E-state index in [-0.39, 0.29) is 0 Å². The first-order valence-electron chi connectivity index (χ1n) is 6.55. The smallest absolute Gasteiger partial charge is 0.226 e. The topological polar surface area (TPSA) is 69.6 Å². The lowest BCUT2D eigenvalue weighted by Crippen LogP contribution is -2.01. The van der Waals surface area contributed by atoms with Crippen molar-refractivity contribution in [2.45, 2.75) is 31.7 Å². The molecule has 0 aliphatic heterocycles. The third kappa shape index (κ3) is 2.82. The molecule has 0 radical (unpaired) electrons. The summed E-state index contributed by atoms with van der Waals surface area (Å²) in [7, 11) is 0. The highest BCUT2D eigenvalue weighted by molar-refractivity contribution is 7.98. The van der Waals surface area contributed by atoms with Gasteiger partial charge in [-0.1, -0.05) is 30.0 Å². The molecule has 0 unspecified atom stereocenters. The largest absolute Gasteiger partial charge is 0.425 e. The lowest BCUT2D eigenvalue weighted by molar-refractivity contribution is 0.485. The van der Waals surface area contributed by atoms with Crippen molar-refractivity contribution in [1.82, 2.24) is 25.0 Å². The van der Waals surface area contributed by atoms with E-state index in [1.807, 2.05) is 23.6 Å². The second-order valence-electron chi connectivity index (χ2n) is 4.66. The van der Waals surface area contributed by atoms with Crippen LogP contribution in [0.4, 0.5) is 0 Å². The van der Waals surface area contributed by atoms with Crippen molar-refractivity contribution in [3.63, 3.8) is 0 Å². The van der Waals surface area contributed by atoms with Crippen LogP contribution >= 0.6 is 11.8 Å². The maximum atomic E-state index is 5.38. The van der Waals surface area contributed by atoms with E-state index >= 15 is 0 Å². The van der Waals surface area contributed by atoms with Crippen LogP contribution in [0.5, 0.6) is 0 Å². The van der Waals surface area contributed by atoms with Gasteiger partial charge in [-0.15, -0.1) is 20.4 Å². The number of nitrogens with zero attached hydrogens (tertiary/aromatic N) is 5. The highest BCUT2D eigenvalue weighted by Crippen LogP contribution is 2.26. The van der Waals surface area contributed by atoms with Gasteiger partial charge in [-0.2, -0.15) is 0 Å². The molecule has 3 rings (SSSR count). The molecule has 0 fully saturated rings. The highest BCUT2D eigenvalue weighted by atomic mass is 32.2. The predicted molar refractivity (Wildman–Crippen MR) is 79.4 cm³/mol. The fraction of sp³-hybridized carbons (Fsp3) is 0.286. The Bertz CT molecular complexity index is 764. The number of thioether (sulfide) groups is 1. The van der Waals surface area contributed by atoms with Crippen LogP contribution in [0.25, 0.3) is 5.69 Å². The van der Waals surface area contributed by atoms with Crippen molar-refractivity contribution in [2.24, 2.45) is 0 Å². The van der Waals surface area contributed by atoms with Gasteiger partial charge in [0, 0.05) is 6.92 Å². The Morgan fingerprint density at radius 2 is 1.86 bits per heavy atom. The fourth-order valence-corrected chi connectivity index (χ4v) is 2.88. The van der Waals surface area contributed by atoms with Crippen LogP contribution in [0.3, 0.4) is 0 Å². The minimum Gasteiger partial charge on any atom is -0.425 e. The molecule has 0 spiro atoms. The zero-order valence-corrected chi connectivity index (χ0v) is 12.9. The summed E-state index contributed by atoms with van der Waals surface area (Å²) in [6, 6.07) is 8.17. The molecule has 0 saturated heterocycles. The second kappa shape index (κ2) is 5.69. The van der Waals surface area contributed by atoms with Gasteiger partial charge in [0.1, 0.15) is 5.82 Å². The summed E-state index contributed by atoms with van der Waals surface area (Å²) in [6.07, 6.45) is 0. The van der Waals surface area contributed by atoms with Crippen LogP contribution in [0.15, 0.2) is 33.8 Å². The van der Waals surface area contributed by atoms with Crippen molar-refractivity contribution in [1.29, 1.82) is 0 Å². The summed E-state index contributed by atoms with van der Waals surface area (Å²) >= 11 is 1.53. The van der Waals surface area contributed by atoms with Gasteiger partial charge in [0.2, 0.25) is 11.8 Å². The van der Waals surface area contributed by atoms with E-state index in [0.29, 0.717) is 17.5 Å². The normalized spacial score (nSPS) is 11.0. The lowest BCUT2D eigenvalue weighted by Gasteiger charge is -2.10. The molecular formula is C14H15N5OS. The molecule has 7 heteroatoms. The Balaban J connectivity index is 1.89. The number of para-hydroxylation sites is 1. The minimum atomic E-state index is 0.571. The predicted octanol–water partition coefficient (Wildman–Crippen LogP) is 2.87. The van der Waals surface area contributed by atoms with Crippen molar-refractivity contribution < 1.29 is 4.42 Å². The SMILES string of the molecule is Cc1nnc(CSc2nnc(C)n2-c2ccccc2C)o1. The molecule has 0 saturated carbocycles. The van der Waals surface area contributed by atoms with Gasteiger partial charge in [-0.25, -0.2) is 0 Å². The van der Waals surface area contributed by atoms with E-state index in [9.17, 15) is 0 Å². The van der Waals surface area contributed by atoms with E-state index in [1.165, 1.54) is 17.3 Å². The molecule has 0 aliphatic carbocycles. The van der Waals surface area contributed by atoms with E-state index in [1.54, 1.807) is 6.92 Å². The van der Waals surface area contributed by atoms with Crippen LogP contribution in [-0.4, -0.2) is 25.0 Å². The maximum Gasteiger partial charge on any atom is 0.226 e. The van der Waals surface area contributed by atoms with Crippen molar-refractivity contribution >= 4 is 11.8 Å². The van der Waals surface area contributed by atoms with Crippen LogP contribution in [0, 0.1) is 20.8 Å². The Hall–Kier alpha value is -2.15. The van der Waals surface area contributed by atoms with Crippen molar-refractivity contribution in [3.05, 3.63) is 47.4 Å². The van der Waals surface area contributed by atoms with Gasteiger partial charge in [0.15, 0.2) is 5.16 Å². The third-order valence-electron chi connectivity index (χ3n) is 3.04. The van der Waals surface area contributed by atoms with Crippen LogP contribution < -0.4 is 0 Å². The first-order chi connectivity index (χ1) is 10.1. The molecule has 1 aromatic carbocycles. The molecule has 0 N–H and O–H groups in total. The molecule has 0 aliphatic rings. The molecule has 108 valence electrons. The average Bonchev–Trinajstić information content (AvgIpc) is 3.04. The summed E-state index contributed by atoms with van der Waals surface area (Å²) < 4.78 is 7.43. The Morgan fingerprint density at radius 3 is 2.57 bits per heavy atom. The molecule has 0 bridgehead atoms. The standard InChI is InChI=1S/C14H15N5OS/c1-9-6-4-5-7-12(9)19-10(2)15-18-14(19)21-8-13-17-16-11(3)20-13/h4-7H,8H2,1-3H3. The molecule has 6 nitrogen and oxygen atoms in total. The summed E-state index contributed by atoms with van der Waals surface area (Å²) in [6.45, 7) is 5.80. The van der Waals surface area contributed by atoms with Crippen LogP contribution in [0.1, 0.15) is 23.2 Å². The highest BCUT2D eigenvalue weighted by Gasteiger charge is 2.14. The molecule has 0 amide bonds. The van der Waals surface area contributed by atoms with E-state index in [2.05, 4.69) is 39.5 Å². The monoisotopic (exact) mass is 301 g/mol. The number of benzene rings is 1.